The van der Waals surface area contributed by atoms with Gasteiger partial charge in [0.1, 0.15) is 0 Å². The Bertz CT molecular complexity index is 920. The number of allylic oxidation sites excluding steroid dienone is 4. The first kappa shape index (κ1) is 16.1. The van der Waals surface area contributed by atoms with Gasteiger partial charge in [0.25, 0.3) is 0 Å². The van der Waals surface area contributed by atoms with Crippen LogP contribution in [0.5, 0.6) is 0 Å². The highest BCUT2D eigenvalue weighted by Gasteiger charge is 2.11. The predicted molar refractivity (Wildman–Crippen MR) is 103 cm³/mol. The molecule has 0 amide bonds. The zero-order chi connectivity index (χ0) is 16.9. The molecule has 3 rings (SSSR count). The Morgan fingerprint density at radius 2 is 1.88 bits per heavy atom. The van der Waals surface area contributed by atoms with Crippen LogP contribution in [0.15, 0.2) is 66.8 Å². The molecular formula is C22H22N2. The quantitative estimate of drug-likeness (QED) is 0.554. The van der Waals surface area contributed by atoms with Crippen molar-refractivity contribution in [3.8, 4) is 11.4 Å². The van der Waals surface area contributed by atoms with Crippen LogP contribution >= 0.6 is 0 Å². The molecule has 0 N–H and O–H groups in total. The van der Waals surface area contributed by atoms with E-state index in [0.717, 1.165) is 40.0 Å². The molecule has 0 bridgehead atoms. The van der Waals surface area contributed by atoms with E-state index in [9.17, 15) is 0 Å². The number of rotatable bonds is 4. The summed E-state index contributed by atoms with van der Waals surface area (Å²) in [5, 5.41) is 1.09. The van der Waals surface area contributed by atoms with Gasteiger partial charge < -0.3 is 0 Å². The predicted octanol–water partition coefficient (Wildman–Crippen LogP) is 5.97. The van der Waals surface area contributed by atoms with Crippen molar-refractivity contribution in [2.24, 2.45) is 0 Å². The third-order valence-electron chi connectivity index (χ3n) is 3.92. The minimum absolute atomic E-state index is 0.777. The van der Waals surface area contributed by atoms with Crippen LogP contribution in [0.3, 0.4) is 0 Å². The first-order valence-corrected chi connectivity index (χ1v) is 8.40. The number of aryl methyl sites for hydroxylation is 1. The minimum atomic E-state index is 0.777. The van der Waals surface area contributed by atoms with Crippen LogP contribution < -0.4 is 0 Å². The van der Waals surface area contributed by atoms with Gasteiger partial charge in [0.2, 0.25) is 0 Å². The van der Waals surface area contributed by atoms with E-state index in [1.165, 1.54) is 5.56 Å². The number of hydrogen-bond acceptors (Lipinski definition) is 2. The number of para-hydroxylation sites is 1. The van der Waals surface area contributed by atoms with Gasteiger partial charge in [-0.15, -0.1) is 0 Å². The minimum Gasteiger partial charge on any atom is -0.228 e. The van der Waals surface area contributed by atoms with E-state index in [1.807, 2.05) is 19.1 Å². The SMILES string of the molecule is C/C=C\C(=C/CC)c1nc(-c2cccc(C)c2)nc2ccccc12. The first-order valence-electron chi connectivity index (χ1n) is 8.40. The number of benzene rings is 2. The molecule has 120 valence electrons. The van der Waals surface area contributed by atoms with Crippen LogP contribution in [0.25, 0.3) is 27.9 Å². The average molecular weight is 314 g/mol. The van der Waals surface area contributed by atoms with Crippen LogP contribution in [-0.2, 0) is 0 Å². The maximum atomic E-state index is 4.92. The van der Waals surface area contributed by atoms with Crippen molar-refractivity contribution in [1.82, 2.24) is 9.97 Å². The molecule has 0 aliphatic rings. The van der Waals surface area contributed by atoms with Gasteiger partial charge in [-0.1, -0.05) is 67.1 Å². The molecule has 2 aromatic carbocycles. The maximum absolute atomic E-state index is 4.92. The fourth-order valence-electron chi connectivity index (χ4n) is 2.85. The number of fused-ring (bicyclic) bond motifs is 1. The van der Waals surface area contributed by atoms with Crippen LogP contribution in [0.2, 0.25) is 0 Å². The van der Waals surface area contributed by atoms with Crippen molar-refractivity contribution < 1.29 is 0 Å². The third kappa shape index (κ3) is 3.28. The lowest BCUT2D eigenvalue weighted by Gasteiger charge is -2.10. The van der Waals surface area contributed by atoms with Gasteiger partial charge in [0.15, 0.2) is 5.82 Å². The fourth-order valence-corrected chi connectivity index (χ4v) is 2.85. The highest BCUT2D eigenvalue weighted by Crippen LogP contribution is 2.27. The number of nitrogens with zero attached hydrogens (tertiary/aromatic N) is 2. The standard InChI is InChI=1S/C22H22N2/c1-4-9-17(10-5-2)21-19-13-6-7-14-20(19)23-22(24-21)18-12-8-11-16(3)15-18/h4,6-15H,5H2,1-3H3/b9-4-,17-10+. The van der Waals surface area contributed by atoms with Crippen LogP contribution in [0.1, 0.15) is 31.5 Å². The second kappa shape index (κ2) is 7.22. The van der Waals surface area contributed by atoms with Crippen molar-refractivity contribution >= 4 is 16.5 Å². The number of hydrogen-bond donors (Lipinski definition) is 0. The molecule has 1 aromatic heterocycles. The lowest BCUT2D eigenvalue weighted by atomic mass is 10.0. The van der Waals surface area contributed by atoms with Gasteiger partial charge in [-0.25, -0.2) is 9.97 Å². The molecule has 0 radical (unpaired) electrons. The molecule has 0 unspecified atom stereocenters. The van der Waals surface area contributed by atoms with Gasteiger partial charge in [0.05, 0.1) is 11.2 Å². The highest BCUT2D eigenvalue weighted by molar-refractivity contribution is 5.93. The zero-order valence-electron chi connectivity index (χ0n) is 14.5. The van der Waals surface area contributed by atoms with Crippen LogP contribution in [0.4, 0.5) is 0 Å². The normalized spacial score (nSPS) is 12.2. The van der Waals surface area contributed by atoms with E-state index in [4.69, 9.17) is 9.97 Å². The van der Waals surface area contributed by atoms with Gasteiger partial charge in [-0.2, -0.15) is 0 Å². The molecule has 2 heteroatoms. The van der Waals surface area contributed by atoms with Gasteiger partial charge in [-0.05, 0) is 38.0 Å². The summed E-state index contributed by atoms with van der Waals surface area (Å²) < 4.78 is 0. The summed E-state index contributed by atoms with van der Waals surface area (Å²) in [4.78, 5) is 9.71. The van der Waals surface area contributed by atoms with Crippen LogP contribution in [-0.4, -0.2) is 9.97 Å². The first-order chi connectivity index (χ1) is 11.7. The summed E-state index contributed by atoms with van der Waals surface area (Å²) in [6.45, 7) is 6.27. The summed E-state index contributed by atoms with van der Waals surface area (Å²) in [6, 6.07) is 16.6. The Labute approximate surface area is 143 Å². The van der Waals surface area contributed by atoms with E-state index in [0.29, 0.717) is 0 Å². The Morgan fingerprint density at radius 1 is 1.04 bits per heavy atom. The Kier molecular flexibility index (Phi) is 4.85. The summed E-state index contributed by atoms with van der Waals surface area (Å²) >= 11 is 0. The molecule has 0 saturated carbocycles. The summed E-state index contributed by atoms with van der Waals surface area (Å²) in [5.41, 5.74) is 5.39. The molecule has 0 spiro atoms. The zero-order valence-corrected chi connectivity index (χ0v) is 14.5. The molecule has 0 aliphatic carbocycles. The van der Waals surface area contributed by atoms with Crippen molar-refractivity contribution in [2.75, 3.05) is 0 Å². The second-order valence-corrected chi connectivity index (χ2v) is 5.85. The molecule has 24 heavy (non-hydrogen) atoms. The smallest absolute Gasteiger partial charge is 0.160 e. The maximum Gasteiger partial charge on any atom is 0.160 e. The molecular weight excluding hydrogens is 292 g/mol. The van der Waals surface area contributed by atoms with Gasteiger partial charge >= 0.3 is 0 Å². The topological polar surface area (TPSA) is 25.8 Å². The lowest BCUT2D eigenvalue weighted by molar-refractivity contribution is 1.18. The molecule has 0 saturated heterocycles. The monoisotopic (exact) mass is 314 g/mol. The highest BCUT2D eigenvalue weighted by atomic mass is 14.9. The van der Waals surface area contributed by atoms with E-state index in [1.54, 1.807) is 0 Å². The summed E-state index contributed by atoms with van der Waals surface area (Å²) in [5.74, 6) is 0.777. The Morgan fingerprint density at radius 3 is 2.62 bits per heavy atom. The van der Waals surface area contributed by atoms with Crippen LogP contribution in [0, 0.1) is 6.92 Å². The van der Waals surface area contributed by atoms with Gasteiger partial charge in [-0.3, -0.25) is 0 Å². The van der Waals surface area contributed by atoms with Crippen molar-refractivity contribution in [1.29, 1.82) is 0 Å². The molecule has 0 atom stereocenters. The second-order valence-electron chi connectivity index (χ2n) is 5.85. The van der Waals surface area contributed by atoms with E-state index in [2.05, 4.69) is 68.5 Å². The summed E-state index contributed by atoms with van der Waals surface area (Å²) in [6.07, 6.45) is 7.37. The lowest BCUT2D eigenvalue weighted by Crippen LogP contribution is -1.97. The molecule has 3 aromatic rings. The molecule has 1 heterocycles. The van der Waals surface area contributed by atoms with Gasteiger partial charge in [0, 0.05) is 10.9 Å². The molecule has 0 fully saturated rings. The molecule has 2 nitrogen and oxygen atoms in total. The van der Waals surface area contributed by atoms with E-state index >= 15 is 0 Å². The Hall–Kier alpha value is -2.74. The van der Waals surface area contributed by atoms with Crippen molar-refractivity contribution in [3.05, 3.63) is 78.0 Å². The third-order valence-corrected chi connectivity index (χ3v) is 3.92. The fraction of sp³-hybridized carbons (Fsp3) is 0.182. The van der Waals surface area contributed by atoms with E-state index in [-0.39, 0.29) is 0 Å². The molecule has 0 aliphatic heterocycles. The average Bonchev–Trinajstić information content (AvgIpc) is 2.60. The van der Waals surface area contributed by atoms with E-state index < -0.39 is 0 Å². The largest absolute Gasteiger partial charge is 0.228 e. The summed E-state index contributed by atoms with van der Waals surface area (Å²) in [7, 11) is 0. The Balaban J connectivity index is 2.29. The number of aromatic nitrogens is 2. The van der Waals surface area contributed by atoms with Crippen molar-refractivity contribution in [2.45, 2.75) is 27.2 Å². The van der Waals surface area contributed by atoms with Crippen molar-refractivity contribution in [3.63, 3.8) is 0 Å².